The van der Waals surface area contributed by atoms with Gasteiger partial charge in [0.15, 0.2) is 0 Å². The lowest BCUT2D eigenvalue weighted by atomic mass is 10.0. The number of carbonyl (C=O) groups is 2. The number of hydrogen-bond donors (Lipinski definition) is 0. The summed E-state index contributed by atoms with van der Waals surface area (Å²) in [6, 6.07) is 8.20. The zero-order valence-corrected chi connectivity index (χ0v) is 18.2. The molecule has 0 spiro atoms. The average molecular weight is 410 g/mol. The van der Waals surface area contributed by atoms with Crippen LogP contribution in [0.3, 0.4) is 0 Å². The maximum Gasteiger partial charge on any atom is 0.340 e. The van der Waals surface area contributed by atoms with Crippen molar-refractivity contribution >= 4 is 18.0 Å². The molecule has 158 valence electrons. The van der Waals surface area contributed by atoms with Gasteiger partial charge in [-0.1, -0.05) is 13.8 Å². The molecule has 0 bridgehead atoms. The lowest BCUT2D eigenvalue weighted by Gasteiger charge is -2.19. The molecule has 0 N–H and O–H groups in total. The number of allylic oxidation sites excluding steroid dienone is 1. The fourth-order valence-corrected chi connectivity index (χ4v) is 3.89. The number of amides is 1. The van der Waals surface area contributed by atoms with Gasteiger partial charge in [0.05, 0.1) is 18.3 Å². The number of nitrogens with zero attached hydrogens (tertiary/aromatic N) is 2. The van der Waals surface area contributed by atoms with Crippen molar-refractivity contribution in [2.75, 3.05) is 13.7 Å². The molecule has 0 unspecified atom stereocenters. The number of esters is 1. The summed E-state index contributed by atoms with van der Waals surface area (Å²) in [7, 11) is 1.32. The summed E-state index contributed by atoms with van der Waals surface area (Å²) in [5, 5.41) is 0. The maximum absolute atomic E-state index is 13.3. The van der Waals surface area contributed by atoms with Crippen molar-refractivity contribution < 1.29 is 18.7 Å². The molecular formula is C24H27FN2O3. The third-order valence-electron chi connectivity index (χ3n) is 5.30. The molecule has 1 aromatic carbocycles. The van der Waals surface area contributed by atoms with Gasteiger partial charge < -0.3 is 14.2 Å². The van der Waals surface area contributed by atoms with E-state index in [0.29, 0.717) is 23.4 Å². The zero-order valence-electron chi connectivity index (χ0n) is 18.2. The van der Waals surface area contributed by atoms with Crippen LogP contribution in [0.15, 0.2) is 47.2 Å². The molecule has 2 heterocycles. The van der Waals surface area contributed by atoms with E-state index in [1.165, 1.54) is 19.2 Å². The molecule has 1 amide bonds. The van der Waals surface area contributed by atoms with Crippen molar-refractivity contribution in [3.05, 3.63) is 69.9 Å². The van der Waals surface area contributed by atoms with Crippen LogP contribution in [-0.4, -0.2) is 35.0 Å². The van der Waals surface area contributed by atoms with Crippen LogP contribution < -0.4 is 0 Å². The average Bonchev–Trinajstić information content (AvgIpc) is 3.09. The van der Waals surface area contributed by atoms with Gasteiger partial charge in [0, 0.05) is 29.3 Å². The first-order valence-electron chi connectivity index (χ1n) is 9.93. The number of hydrogen-bond acceptors (Lipinski definition) is 3. The minimum absolute atomic E-state index is 0.201. The Morgan fingerprint density at radius 1 is 1.17 bits per heavy atom. The van der Waals surface area contributed by atoms with E-state index in [9.17, 15) is 14.0 Å². The summed E-state index contributed by atoms with van der Waals surface area (Å²) in [6.07, 6.45) is 1.75. The molecule has 1 aliphatic rings. The van der Waals surface area contributed by atoms with Gasteiger partial charge in [-0.3, -0.25) is 4.79 Å². The second-order valence-electron chi connectivity index (χ2n) is 7.96. The molecule has 3 rings (SSSR count). The van der Waals surface area contributed by atoms with Gasteiger partial charge in [-0.15, -0.1) is 0 Å². The van der Waals surface area contributed by atoms with Gasteiger partial charge in [0.2, 0.25) is 0 Å². The monoisotopic (exact) mass is 410 g/mol. The SMILES string of the molecule is COC(=O)C1=C(C)N(CC(C)C)C(=O)/C1=C\c1cc(C)n(-c2ccc(F)cc2)c1C. The molecule has 0 radical (unpaired) electrons. The molecule has 1 aliphatic heterocycles. The van der Waals surface area contributed by atoms with E-state index in [0.717, 1.165) is 22.6 Å². The van der Waals surface area contributed by atoms with Gasteiger partial charge in [0.1, 0.15) is 5.82 Å². The van der Waals surface area contributed by atoms with Gasteiger partial charge in [0.25, 0.3) is 5.91 Å². The first kappa shape index (κ1) is 21.6. The number of ether oxygens (including phenoxy) is 1. The van der Waals surface area contributed by atoms with Crippen LogP contribution in [0.25, 0.3) is 11.8 Å². The standard InChI is InChI=1S/C24H27FN2O3/c1-14(2)13-26-17(5)22(24(29)30-6)21(23(26)28)12-18-11-15(3)27(16(18)4)20-9-7-19(25)8-10-20/h7-12,14H,13H2,1-6H3/b21-12-. The van der Waals surface area contributed by atoms with Gasteiger partial charge in [-0.2, -0.15) is 0 Å². The lowest BCUT2D eigenvalue weighted by molar-refractivity contribution is -0.136. The Balaban J connectivity index is 2.11. The second kappa shape index (κ2) is 8.30. The molecule has 0 saturated heterocycles. The number of aryl methyl sites for hydroxylation is 1. The molecule has 30 heavy (non-hydrogen) atoms. The number of methoxy groups -OCH3 is 1. The minimum Gasteiger partial charge on any atom is -0.465 e. The van der Waals surface area contributed by atoms with Crippen LogP contribution in [0.2, 0.25) is 0 Å². The molecule has 0 saturated carbocycles. The number of benzene rings is 1. The summed E-state index contributed by atoms with van der Waals surface area (Å²) in [5.74, 6) is -0.766. The quantitative estimate of drug-likeness (QED) is 0.536. The Hall–Kier alpha value is -3.15. The number of aromatic nitrogens is 1. The van der Waals surface area contributed by atoms with E-state index < -0.39 is 5.97 Å². The molecule has 5 nitrogen and oxygen atoms in total. The summed E-state index contributed by atoms with van der Waals surface area (Å²) >= 11 is 0. The third kappa shape index (κ3) is 3.82. The number of halogens is 1. The summed E-state index contributed by atoms with van der Waals surface area (Å²) in [5.41, 5.74) is 4.73. The zero-order chi connectivity index (χ0) is 22.2. The predicted molar refractivity (Wildman–Crippen MR) is 114 cm³/mol. The highest BCUT2D eigenvalue weighted by Crippen LogP contribution is 2.33. The predicted octanol–water partition coefficient (Wildman–Crippen LogP) is 4.56. The Bertz CT molecular complexity index is 1060. The van der Waals surface area contributed by atoms with Crippen molar-refractivity contribution in [1.82, 2.24) is 9.47 Å². The topological polar surface area (TPSA) is 51.5 Å². The molecule has 2 aromatic rings. The van der Waals surface area contributed by atoms with E-state index in [1.54, 1.807) is 30.0 Å². The fourth-order valence-electron chi connectivity index (χ4n) is 3.89. The van der Waals surface area contributed by atoms with E-state index in [-0.39, 0.29) is 17.6 Å². The Morgan fingerprint density at radius 2 is 1.80 bits per heavy atom. The molecule has 0 fully saturated rings. The summed E-state index contributed by atoms with van der Waals surface area (Å²) < 4.78 is 20.3. The highest BCUT2D eigenvalue weighted by atomic mass is 19.1. The molecular weight excluding hydrogens is 383 g/mol. The smallest absolute Gasteiger partial charge is 0.340 e. The first-order chi connectivity index (χ1) is 14.1. The first-order valence-corrected chi connectivity index (χ1v) is 9.93. The Morgan fingerprint density at radius 3 is 2.37 bits per heavy atom. The van der Waals surface area contributed by atoms with Crippen LogP contribution >= 0.6 is 0 Å². The molecule has 0 aliphatic carbocycles. The van der Waals surface area contributed by atoms with Crippen molar-refractivity contribution in [3.8, 4) is 5.69 Å². The highest BCUT2D eigenvalue weighted by molar-refractivity contribution is 6.16. The van der Waals surface area contributed by atoms with Gasteiger partial charge in [-0.25, -0.2) is 9.18 Å². The normalized spacial score (nSPS) is 15.7. The molecule has 1 aromatic heterocycles. The van der Waals surface area contributed by atoms with Crippen LogP contribution in [0.1, 0.15) is 37.7 Å². The number of carbonyl (C=O) groups excluding carboxylic acids is 2. The Kier molecular flexibility index (Phi) is 5.97. The van der Waals surface area contributed by atoms with Crippen LogP contribution in [0, 0.1) is 25.6 Å². The van der Waals surface area contributed by atoms with Crippen molar-refractivity contribution in [2.45, 2.75) is 34.6 Å². The second-order valence-corrected chi connectivity index (χ2v) is 7.96. The van der Waals surface area contributed by atoms with Crippen molar-refractivity contribution in [1.29, 1.82) is 0 Å². The van der Waals surface area contributed by atoms with E-state index in [1.807, 2.05) is 38.3 Å². The van der Waals surface area contributed by atoms with E-state index >= 15 is 0 Å². The van der Waals surface area contributed by atoms with Crippen LogP contribution in [-0.2, 0) is 14.3 Å². The largest absolute Gasteiger partial charge is 0.465 e. The third-order valence-corrected chi connectivity index (χ3v) is 5.30. The summed E-state index contributed by atoms with van der Waals surface area (Å²) in [4.78, 5) is 27.3. The van der Waals surface area contributed by atoms with Crippen LogP contribution in [0.5, 0.6) is 0 Å². The minimum atomic E-state index is -0.523. The fraction of sp³-hybridized carbons (Fsp3) is 0.333. The summed E-state index contributed by atoms with van der Waals surface area (Å²) in [6.45, 7) is 10.2. The molecule has 6 heteroatoms. The van der Waals surface area contributed by atoms with Crippen molar-refractivity contribution in [3.63, 3.8) is 0 Å². The molecule has 0 atom stereocenters. The maximum atomic E-state index is 13.3. The van der Waals surface area contributed by atoms with Crippen LogP contribution in [0.4, 0.5) is 4.39 Å². The highest BCUT2D eigenvalue weighted by Gasteiger charge is 2.37. The van der Waals surface area contributed by atoms with Gasteiger partial charge >= 0.3 is 5.97 Å². The van der Waals surface area contributed by atoms with E-state index in [4.69, 9.17) is 4.74 Å². The number of rotatable bonds is 5. The van der Waals surface area contributed by atoms with Gasteiger partial charge in [-0.05, 0) is 68.7 Å². The Labute approximate surface area is 176 Å². The van der Waals surface area contributed by atoms with E-state index in [2.05, 4.69) is 0 Å². The lowest BCUT2D eigenvalue weighted by Crippen LogP contribution is -2.28. The van der Waals surface area contributed by atoms with Crippen molar-refractivity contribution in [2.24, 2.45) is 5.92 Å².